The van der Waals surface area contributed by atoms with Crippen LogP contribution in [-0.2, 0) is 19.6 Å². The highest BCUT2D eigenvalue weighted by atomic mass is 32.2. The number of carbonyl (C=O) groups is 3. The molecule has 6 rings (SSSR count). The second-order valence-corrected chi connectivity index (χ2v) is 14.1. The Kier molecular flexibility index (Phi) is 10.7. The van der Waals surface area contributed by atoms with Crippen molar-refractivity contribution in [2.75, 3.05) is 10.6 Å². The molecule has 0 fully saturated rings. The van der Waals surface area contributed by atoms with E-state index in [0.29, 0.717) is 21.8 Å². The van der Waals surface area contributed by atoms with E-state index in [1.165, 1.54) is 36.0 Å². The normalized spacial score (nSPS) is 12.1. The number of nitrogens with one attached hydrogen (secondary N) is 3. The minimum absolute atomic E-state index is 0.0493. The summed E-state index contributed by atoms with van der Waals surface area (Å²) in [4.78, 5) is 41.4. The van der Waals surface area contributed by atoms with E-state index in [4.69, 9.17) is 5.14 Å². The Bertz CT molecular complexity index is 2340. The van der Waals surface area contributed by atoms with E-state index in [2.05, 4.69) is 16.0 Å². The maximum atomic E-state index is 13.9. The monoisotopic (exact) mass is 712 g/mol. The number of rotatable bonds is 11. The number of benzene rings is 6. The summed E-state index contributed by atoms with van der Waals surface area (Å²) in [5.74, 6) is -1.31. The second-order valence-electron chi connectivity index (χ2n) is 11.4. The summed E-state index contributed by atoms with van der Waals surface area (Å²) in [6.07, 6.45) is 1.66. The number of amides is 3. The van der Waals surface area contributed by atoms with Crippen molar-refractivity contribution < 1.29 is 22.8 Å². The number of sulfonamides is 1. The Balaban J connectivity index is 1.25. The van der Waals surface area contributed by atoms with Crippen LogP contribution in [-0.4, -0.2) is 26.1 Å². The Labute approximate surface area is 299 Å². The molecule has 0 spiro atoms. The van der Waals surface area contributed by atoms with E-state index in [1.54, 1.807) is 54.6 Å². The van der Waals surface area contributed by atoms with E-state index in [-0.39, 0.29) is 16.5 Å². The van der Waals surface area contributed by atoms with Gasteiger partial charge in [0.25, 0.3) is 11.8 Å². The van der Waals surface area contributed by atoms with Gasteiger partial charge in [0.15, 0.2) is 0 Å². The molecular formula is C40H32N4O5S2. The molecule has 0 saturated carbocycles. The molecule has 3 amide bonds. The van der Waals surface area contributed by atoms with Crippen molar-refractivity contribution in [1.82, 2.24) is 5.32 Å². The lowest BCUT2D eigenvalue weighted by Crippen LogP contribution is -2.30. The molecule has 0 aromatic heterocycles. The van der Waals surface area contributed by atoms with Gasteiger partial charge in [0.05, 0.1) is 4.90 Å². The molecule has 11 heteroatoms. The van der Waals surface area contributed by atoms with Crippen molar-refractivity contribution in [3.05, 3.63) is 174 Å². The van der Waals surface area contributed by atoms with Crippen LogP contribution in [0.15, 0.2) is 167 Å². The maximum absolute atomic E-state index is 13.9. The fourth-order valence-electron chi connectivity index (χ4n) is 5.29. The van der Waals surface area contributed by atoms with Gasteiger partial charge in [-0.05, 0) is 82.6 Å². The SMILES string of the molecule is NS(=O)(=O)c1ccc(NC(=O)C(Sc2cccc(NC(=O)/C(=C\c3cccc4ccccc34)NC(=O)c3ccccc3)c2)c2ccccc2)cc1. The quantitative estimate of drug-likeness (QED) is 0.0815. The van der Waals surface area contributed by atoms with Crippen molar-refractivity contribution in [3.8, 4) is 0 Å². The van der Waals surface area contributed by atoms with Crippen molar-refractivity contribution in [3.63, 3.8) is 0 Å². The van der Waals surface area contributed by atoms with E-state index < -0.39 is 27.1 Å². The zero-order chi connectivity index (χ0) is 35.8. The third kappa shape index (κ3) is 8.97. The van der Waals surface area contributed by atoms with Crippen LogP contribution in [0.2, 0.25) is 0 Å². The standard InChI is InChI=1S/C40H32N4O5S2/c41-51(48,49)34-23-21-31(22-24-34)42-40(47)37(28-12-3-1-4-13-28)50-33-19-10-18-32(26-33)43-39(46)36(44-38(45)29-14-5-2-6-15-29)25-30-17-9-16-27-11-7-8-20-35(27)30/h1-26,37H,(H,42,47)(H,43,46)(H,44,45)(H2,41,48,49)/b36-25+. The molecule has 6 aromatic carbocycles. The topological polar surface area (TPSA) is 147 Å². The molecule has 0 bridgehead atoms. The zero-order valence-electron chi connectivity index (χ0n) is 27.0. The number of fused-ring (bicyclic) bond motifs is 1. The number of primary sulfonamides is 1. The molecule has 0 heterocycles. The molecule has 0 aliphatic rings. The van der Waals surface area contributed by atoms with Gasteiger partial charge in [0.1, 0.15) is 10.9 Å². The maximum Gasteiger partial charge on any atom is 0.272 e. The lowest BCUT2D eigenvalue weighted by molar-refractivity contribution is -0.116. The van der Waals surface area contributed by atoms with Crippen molar-refractivity contribution >= 4 is 67.7 Å². The van der Waals surface area contributed by atoms with Crippen LogP contribution in [0.3, 0.4) is 0 Å². The molecule has 0 saturated heterocycles. The smallest absolute Gasteiger partial charge is 0.272 e. The largest absolute Gasteiger partial charge is 0.325 e. The summed E-state index contributed by atoms with van der Waals surface area (Å²) in [5.41, 5.74) is 2.80. The molecule has 0 radical (unpaired) electrons. The van der Waals surface area contributed by atoms with Gasteiger partial charge in [0.2, 0.25) is 15.9 Å². The van der Waals surface area contributed by atoms with Crippen LogP contribution in [0.4, 0.5) is 11.4 Å². The lowest BCUT2D eigenvalue weighted by Gasteiger charge is -2.18. The average molecular weight is 713 g/mol. The first-order chi connectivity index (χ1) is 24.6. The second kappa shape index (κ2) is 15.7. The summed E-state index contributed by atoms with van der Waals surface area (Å²) in [6, 6.07) is 44.0. The minimum Gasteiger partial charge on any atom is -0.325 e. The first-order valence-corrected chi connectivity index (χ1v) is 18.2. The molecule has 0 aliphatic carbocycles. The van der Waals surface area contributed by atoms with Gasteiger partial charge in [-0.2, -0.15) is 0 Å². The minimum atomic E-state index is -3.88. The van der Waals surface area contributed by atoms with Gasteiger partial charge in [-0.1, -0.05) is 97.1 Å². The fourth-order valence-corrected chi connectivity index (χ4v) is 6.89. The molecule has 254 valence electrons. The molecule has 1 atom stereocenters. The van der Waals surface area contributed by atoms with Gasteiger partial charge in [0, 0.05) is 21.8 Å². The number of nitrogens with two attached hydrogens (primary N) is 1. The van der Waals surface area contributed by atoms with Crippen LogP contribution in [0.5, 0.6) is 0 Å². The highest BCUT2D eigenvalue weighted by Gasteiger charge is 2.23. The van der Waals surface area contributed by atoms with Gasteiger partial charge in [-0.25, -0.2) is 13.6 Å². The predicted molar refractivity (Wildman–Crippen MR) is 202 cm³/mol. The van der Waals surface area contributed by atoms with E-state index in [9.17, 15) is 22.8 Å². The number of carbonyl (C=O) groups excluding carboxylic acids is 3. The highest BCUT2D eigenvalue weighted by Crippen LogP contribution is 2.37. The Morgan fingerprint density at radius 1 is 0.667 bits per heavy atom. The van der Waals surface area contributed by atoms with Gasteiger partial charge in [-0.15, -0.1) is 11.8 Å². The van der Waals surface area contributed by atoms with Crippen molar-refractivity contribution in [1.29, 1.82) is 0 Å². The van der Waals surface area contributed by atoms with Gasteiger partial charge < -0.3 is 16.0 Å². The van der Waals surface area contributed by atoms with Gasteiger partial charge >= 0.3 is 0 Å². The van der Waals surface area contributed by atoms with Crippen LogP contribution in [0.25, 0.3) is 16.8 Å². The predicted octanol–water partition coefficient (Wildman–Crippen LogP) is 7.37. The Morgan fingerprint density at radius 3 is 2.04 bits per heavy atom. The molecular weight excluding hydrogens is 681 g/mol. The summed E-state index contributed by atoms with van der Waals surface area (Å²) in [5, 5.41) is 15.0. The summed E-state index contributed by atoms with van der Waals surface area (Å²) >= 11 is 1.27. The molecule has 51 heavy (non-hydrogen) atoms. The highest BCUT2D eigenvalue weighted by molar-refractivity contribution is 8.00. The number of thioether (sulfide) groups is 1. The first-order valence-electron chi connectivity index (χ1n) is 15.8. The van der Waals surface area contributed by atoms with Crippen molar-refractivity contribution in [2.45, 2.75) is 15.0 Å². The summed E-state index contributed by atoms with van der Waals surface area (Å²) in [6.45, 7) is 0. The fraction of sp³-hybridized carbons (Fsp3) is 0.0250. The molecule has 0 aliphatic heterocycles. The van der Waals surface area contributed by atoms with Gasteiger partial charge in [-0.3, -0.25) is 14.4 Å². The Hall–Kier alpha value is -6.01. The van der Waals surface area contributed by atoms with Crippen LogP contribution in [0, 0.1) is 0 Å². The molecule has 5 N–H and O–H groups in total. The number of hydrogen-bond donors (Lipinski definition) is 4. The average Bonchev–Trinajstić information content (AvgIpc) is 3.14. The van der Waals surface area contributed by atoms with Crippen LogP contribution in [0.1, 0.15) is 26.7 Å². The molecule has 9 nitrogen and oxygen atoms in total. The van der Waals surface area contributed by atoms with Crippen molar-refractivity contribution in [2.24, 2.45) is 5.14 Å². The lowest BCUT2D eigenvalue weighted by atomic mass is 10.0. The molecule has 6 aromatic rings. The number of anilines is 2. The van der Waals surface area contributed by atoms with E-state index in [0.717, 1.165) is 21.9 Å². The van der Waals surface area contributed by atoms with Crippen LogP contribution < -0.4 is 21.1 Å². The molecule has 1 unspecified atom stereocenters. The van der Waals surface area contributed by atoms with E-state index in [1.807, 2.05) is 78.9 Å². The third-order valence-electron chi connectivity index (χ3n) is 7.79. The zero-order valence-corrected chi connectivity index (χ0v) is 28.7. The summed E-state index contributed by atoms with van der Waals surface area (Å²) in [7, 11) is -3.88. The summed E-state index contributed by atoms with van der Waals surface area (Å²) < 4.78 is 23.3. The first kappa shape index (κ1) is 34.8. The third-order valence-corrected chi connectivity index (χ3v) is 9.97. The van der Waals surface area contributed by atoms with Crippen LogP contribution >= 0.6 is 11.8 Å². The van der Waals surface area contributed by atoms with E-state index >= 15 is 0 Å². The Morgan fingerprint density at radius 2 is 1.31 bits per heavy atom. The number of hydrogen-bond acceptors (Lipinski definition) is 6.